The number of ether oxygens (including phenoxy) is 2. The summed E-state index contributed by atoms with van der Waals surface area (Å²) in [7, 11) is 0. The Hall–Kier alpha value is -2.21. The van der Waals surface area contributed by atoms with Gasteiger partial charge in [0.2, 0.25) is 11.6 Å². The van der Waals surface area contributed by atoms with Crippen LogP contribution in [0.15, 0.2) is 33.8 Å². The summed E-state index contributed by atoms with van der Waals surface area (Å²) in [6.45, 7) is 3.59. The zero-order valence-corrected chi connectivity index (χ0v) is 11.3. The van der Waals surface area contributed by atoms with Crippen LogP contribution in [0.5, 0.6) is 5.75 Å². The van der Waals surface area contributed by atoms with E-state index in [0.717, 1.165) is 11.8 Å². The molecule has 20 heavy (non-hydrogen) atoms. The molecular weight excluding hydrogens is 260 g/mol. The van der Waals surface area contributed by atoms with Gasteiger partial charge in [-0.25, -0.2) is 0 Å². The molecule has 1 aromatic carbocycles. The molecule has 6 nitrogen and oxygen atoms in total. The number of hydrogen-bond donors (Lipinski definition) is 2. The summed E-state index contributed by atoms with van der Waals surface area (Å²) in [6, 6.07) is 7.36. The van der Waals surface area contributed by atoms with Crippen LogP contribution >= 0.6 is 0 Å². The van der Waals surface area contributed by atoms with Crippen molar-refractivity contribution in [2.24, 2.45) is 10.9 Å². The average molecular weight is 278 g/mol. The number of hydrogen-bond acceptors (Lipinski definition) is 5. The number of furan rings is 1. The summed E-state index contributed by atoms with van der Waals surface area (Å²) in [6.07, 6.45) is 0.962. The van der Waals surface area contributed by atoms with E-state index in [-0.39, 0.29) is 11.6 Å². The molecule has 0 fully saturated rings. The normalized spacial score (nSPS) is 11.9. The van der Waals surface area contributed by atoms with Crippen molar-refractivity contribution >= 4 is 16.8 Å². The first-order valence-electron chi connectivity index (χ1n) is 6.48. The second kappa shape index (κ2) is 6.81. The third kappa shape index (κ3) is 3.03. The van der Waals surface area contributed by atoms with E-state index in [0.29, 0.717) is 31.2 Å². The van der Waals surface area contributed by atoms with Gasteiger partial charge in [-0.2, -0.15) is 0 Å². The fraction of sp³-hybridized carbons (Fsp3) is 0.357. The lowest BCUT2D eigenvalue weighted by Gasteiger charge is -2.06. The van der Waals surface area contributed by atoms with Crippen LogP contribution in [0.4, 0.5) is 0 Å². The van der Waals surface area contributed by atoms with E-state index in [4.69, 9.17) is 24.8 Å². The summed E-state index contributed by atoms with van der Waals surface area (Å²) >= 11 is 0. The van der Waals surface area contributed by atoms with Crippen molar-refractivity contribution in [1.82, 2.24) is 0 Å². The predicted molar refractivity (Wildman–Crippen MR) is 75.3 cm³/mol. The average Bonchev–Trinajstić information content (AvgIpc) is 2.85. The molecule has 2 aromatic rings. The van der Waals surface area contributed by atoms with Gasteiger partial charge < -0.3 is 24.8 Å². The monoisotopic (exact) mass is 278 g/mol. The molecule has 0 radical (unpaired) electrons. The molecule has 6 heteroatoms. The molecule has 0 aliphatic heterocycles. The van der Waals surface area contributed by atoms with Crippen molar-refractivity contribution in [3.8, 4) is 5.75 Å². The van der Waals surface area contributed by atoms with Crippen LogP contribution in [-0.2, 0) is 4.74 Å². The molecule has 3 N–H and O–H groups in total. The van der Waals surface area contributed by atoms with Crippen LogP contribution in [0.1, 0.15) is 19.1 Å². The molecule has 0 spiro atoms. The Labute approximate surface area is 116 Å². The predicted octanol–water partition coefficient (Wildman–Crippen LogP) is 2.33. The summed E-state index contributed by atoms with van der Waals surface area (Å²) in [5.74, 6) is 0.575. The van der Waals surface area contributed by atoms with Crippen LogP contribution in [0.25, 0.3) is 11.0 Å². The molecule has 0 saturated carbocycles. The maximum atomic E-state index is 8.80. The number of benzene rings is 1. The van der Waals surface area contributed by atoms with Crippen molar-refractivity contribution in [3.63, 3.8) is 0 Å². The zero-order chi connectivity index (χ0) is 14.4. The first kappa shape index (κ1) is 14.2. The van der Waals surface area contributed by atoms with Gasteiger partial charge in [-0.1, -0.05) is 24.2 Å². The highest BCUT2D eigenvalue weighted by atomic mass is 16.5. The minimum Gasteiger partial charge on any atom is -0.486 e. The molecule has 0 aliphatic carbocycles. The van der Waals surface area contributed by atoms with Gasteiger partial charge in [0, 0.05) is 6.61 Å². The molecule has 1 aromatic heterocycles. The first-order valence-corrected chi connectivity index (χ1v) is 6.48. The summed E-state index contributed by atoms with van der Waals surface area (Å²) in [5.41, 5.74) is 6.23. The number of oxime groups is 1. The van der Waals surface area contributed by atoms with Gasteiger partial charge in [-0.3, -0.25) is 0 Å². The third-order valence-electron chi connectivity index (χ3n) is 2.71. The maximum Gasteiger partial charge on any atom is 0.215 e. The van der Waals surface area contributed by atoms with Crippen molar-refractivity contribution in [1.29, 1.82) is 0 Å². The van der Waals surface area contributed by atoms with E-state index < -0.39 is 0 Å². The molecule has 0 amide bonds. The number of amidine groups is 1. The van der Waals surface area contributed by atoms with E-state index >= 15 is 0 Å². The van der Waals surface area contributed by atoms with E-state index in [1.165, 1.54) is 0 Å². The Morgan fingerprint density at radius 2 is 2.10 bits per heavy atom. The van der Waals surface area contributed by atoms with Crippen molar-refractivity contribution in [2.45, 2.75) is 13.3 Å². The highest BCUT2D eigenvalue weighted by molar-refractivity contribution is 6.03. The standard InChI is InChI=1S/C14H18N2O4/c1-2-7-18-8-9-19-12-10-5-3-4-6-11(10)20-13(12)14(15)16-17/h3-6,17H,2,7-9H2,1H3,(H2,15,16). The number of nitrogens with zero attached hydrogens (tertiary/aromatic N) is 1. The van der Waals surface area contributed by atoms with Gasteiger partial charge >= 0.3 is 0 Å². The molecule has 0 aliphatic rings. The molecule has 0 saturated heterocycles. The van der Waals surface area contributed by atoms with Gasteiger partial charge in [0.25, 0.3) is 0 Å². The van der Waals surface area contributed by atoms with Gasteiger partial charge in [0.05, 0.1) is 12.0 Å². The fourth-order valence-electron chi connectivity index (χ4n) is 1.83. The molecule has 2 rings (SSSR count). The number of rotatable bonds is 7. The van der Waals surface area contributed by atoms with Gasteiger partial charge in [-0.05, 0) is 18.6 Å². The summed E-state index contributed by atoms with van der Waals surface area (Å²) in [4.78, 5) is 0. The Balaban J connectivity index is 2.20. The topological polar surface area (TPSA) is 90.2 Å². The van der Waals surface area contributed by atoms with Crippen molar-refractivity contribution in [2.75, 3.05) is 19.8 Å². The van der Waals surface area contributed by atoms with E-state index in [2.05, 4.69) is 5.16 Å². The van der Waals surface area contributed by atoms with Crippen LogP contribution < -0.4 is 10.5 Å². The van der Waals surface area contributed by atoms with Gasteiger partial charge in [0.1, 0.15) is 12.2 Å². The highest BCUT2D eigenvalue weighted by Gasteiger charge is 2.18. The lowest BCUT2D eigenvalue weighted by atomic mass is 10.2. The fourth-order valence-corrected chi connectivity index (χ4v) is 1.83. The largest absolute Gasteiger partial charge is 0.486 e. The summed E-state index contributed by atoms with van der Waals surface area (Å²) < 4.78 is 16.6. The number of fused-ring (bicyclic) bond motifs is 1. The Morgan fingerprint density at radius 3 is 2.85 bits per heavy atom. The lowest BCUT2D eigenvalue weighted by molar-refractivity contribution is 0.101. The molecular formula is C14H18N2O4. The minimum absolute atomic E-state index is 0.120. The lowest BCUT2D eigenvalue weighted by Crippen LogP contribution is -2.15. The number of nitrogens with two attached hydrogens (primary N) is 1. The minimum atomic E-state index is -0.120. The second-order valence-electron chi connectivity index (χ2n) is 4.20. The van der Waals surface area contributed by atoms with Crippen molar-refractivity contribution in [3.05, 3.63) is 30.0 Å². The SMILES string of the molecule is CCCOCCOc1c(/C(N)=N/O)oc2ccccc12. The van der Waals surface area contributed by atoms with Gasteiger partial charge in [-0.15, -0.1) is 0 Å². The second-order valence-corrected chi connectivity index (χ2v) is 4.20. The third-order valence-corrected chi connectivity index (χ3v) is 2.71. The van der Waals surface area contributed by atoms with E-state index in [1.54, 1.807) is 6.07 Å². The smallest absolute Gasteiger partial charge is 0.215 e. The van der Waals surface area contributed by atoms with Crippen LogP contribution in [0.3, 0.4) is 0 Å². The van der Waals surface area contributed by atoms with Crippen LogP contribution in [0.2, 0.25) is 0 Å². The number of para-hydroxylation sites is 1. The molecule has 0 atom stereocenters. The molecule has 0 bridgehead atoms. The Morgan fingerprint density at radius 1 is 1.30 bits per heavy atom. The summed E-state index contributed by atoms with van der Waals surface area (Å²) in [5, 5.41) is 12.5. The Kier molecular flexibility index (Phi) is 4.84. The van der Waals surface area contributed by atoms with Gasteiger partial charge in [0.15, 0.2) is 5.75 Å². The van der Waals surface area contributed by atoms with E-state index in [1.807, 2.05) is 25.1 Å². The zero-order valence-electron chi connectivity index (χ0n) is 11.3. The van der Waals surface area contributed by atoms with Crippen molar-refractivity contribution < 1.29 is 19.1 Å². The molecule has 1 heterocycles. The molecule has 108 valence electrons. The first-order chi connectivity index (χ1) is 9.77. The van der Waals surface area contributed by atoms with Crippen LogP contribution in [-0.4, -0.2) is 30.9 Å². The molecule has 0 unspecified atom stereocenters. The quantitative estimate of drug-likeness (QED) is 0.267. The maximum absolute atomic E-state index is 8.80. The highest BCUT2D eigenvalue weighted by Crippen LogP contribution is 2.32. The van der Waals surface area contributed by atoms with E-state index in [9.17, 15) is 0 Å². The Bertz CT molecular complexity index is 592. The van der Waals surface area contributed by atoms with Crippen LogP contribution in [0, 0.1) is 0 Å².